The van der Waals surface area contributed by atoms with E-state index < -0.39 is 5.91 Å². The van der Waals surface area contributed by atoms with Crippen LogP contribution in [0.25, 0.3) is 17.3 Å². The van der Waals surface area contributed by atoms with E-state index in [4.69, 9.17) is 31.7 Å². The third kappa shape index (κ3) is 6.44. The minimum atomic E-state index is -0.473. The Hall–Kier alpha value is -3.62. The normalized spacial score (nSPS) is 11.7. The van der Waals surface area contributed by atoms with Crippen LogP contribution < -0.4 is 15.8 Å². The molecule has 9 heteroatoms. The van der Waals surface area contributed by atoms with E-state index in [1.165, 1.54) is 0 Å². The van der Waals surface area contributed by atoms with Crippen molar-refractivity contribution in [2.45, 2.75) is 19.9 Å². The summed E-state index contributed by atoms with van der Waals surface area (Å²) in [4.78, 5) is 17.1. The molecule has 2 aromatic carbocycles. The lowest BCUT2D eigenvalue weighted by Crippen LogP contribution is -2.37. The van der Waals surface area contributed by atoms with Crippen molar-refractivity contribution >= 4 is 29.5 Å². The summed E-state index contributed by atoms with van der Waals surface area (Å²) in [6.07, 6.45) is 4.28. The van der Waals surface area contributed by atoms with E-state index in [-0.39, 0.29) is 24.7 Å². The topological polar surface area (TPSA) is 123 Å². The van der Waals surface area contributed by atoms with E-state index in [2.05, 4.69) is 15.5 Å². The largest absolute Gasteiger partial charge is 0.497 e. The molecule has 0 spiro atoms. The number of nitrogens with two attached hydrogens (primary N) is 1. The van der Waals surface area contributed by atoms with Gasteiger partial charge in [-0.15, -0.1) is 0 Å². The van der Waals surface area contributed by atoms with Crippen LogP contribution in [0.4, 0.5) is 0 Å². The molecule has 0 aliphatic rings. The molecular formula is C24H25ClN4O4. The zero-order valence-corrected chi connectivity index (χ0v) is 19.1. The molecule has 0 radical (unpaired) electrons. The highest BCUT2D eigenvalue weighted by Gasteiger charge is 2.22. The molecule has 4 N–H and O–H groups in total. The number of halogens is 1. The second-order valence-corrected chi connectivity index (χ2v) is 7.59. The second kappa shape index (κ2) is 11.3. The Bertz CT molecular complexity index is 1170. The number of carbonyl (C=O) groups is 1. The van der Waals surface area contributed by atoms with Crippen LogP contribution in [0, 0.1) is 6.92 Å². The highest BCUT2D eigenvalue weighted by molar-refractivity contribution is 6.30. The summed E-state index contributed by atoms with van der Waals surface area (Å²) in [5.74, 6) is 0.535. The molecule has 172 valence electrons. The molecule has 1 heterocycles. The number of aliphatic hydroxyl groups is 1. The third-order valence-corrected chi connectivity index (χ3v) is 4.93. The lowest BCUT2D eigenvalue weighted by molar-refractivity contribution is 0.0975. The molecule has 0 unspecified atom stereocenters. The van der Waals surface area contributed by atoms with Crippen LogP contribution in [0.1, 0.15) is 33.7 Å². The first-order chi connectivity index (χ1) is 15.9. The Morgan fingerprint density at radius 2 is 2.06 bits per heavy atom. The van der Waals surface area contributed by atoms with Crippen molar-refractivity contribution in [3.63, 3.8) is 0 Å². The number of carbonyl (C=O) groups excluding carboxylic acids is 1. The Balaban J connectivity index is 1.73. The van der Waals surface area contributed by atoms with Crippen LogP contribution in [0.5, 0.6) is 5.75 Å². The van der Waals surface area contributed by atoms with Crippen molar-refractivity contribution in [3.8, 4) is 17.0 Å². The molecule has 0 aliphatic carbocycles. The van der Waals surface area contributed by atoms with Crippen molar-refractivity contribution in [1.29, 1.82) is 0 Å². The maximum Gasteiger partial charge on any atom is 0.263 e. The summed E-state index contributed by atoms with van der Waals surface area (Å²) >= 11 is 6.18. The fraction of sp³-hybridized carbons (Fsp3) is 0.208. The van der Waals surface area contributed by atoms with Crippen LogP contribution in [0.15, 0.2) is 58.1 Å². The molecule has 33 heavy (non-hydrogen) atoms. The zero-order valence-electron chi connectivity index (χ0n) is 18.3. The van der Waals surface area contributed by atoms with E-state index in [1.54, 1.807) is 44.4 Å². The highest BCUT2D eigenvalue weighted by atomic mass is 35.5. The van der Waals surface area contributed by atoms with E-state index in [1.807, 2.05) is 24.3 Å². The van der Waals surface area contributed by atoms with Crippen LogP contribution in [0.2, 0.25) is 5.02 Å². The molecule has 1 amide bonds. The predicted molar refractivity (Wildman–Crippen MR) is 128 cm³/mol. The number of aryl methyl sites for hydroxylation is 1. The van der Waals surface area contributed by atoms with Gasteiger partial charge in [0, 0.05) is 17.2 Å². The second-order valence-electron chi connectivity index (χ2n) is 7.15. The maximum atomic E-state index is 12.9. The number of amides is 1. The van der Waals surface area contributed by atoms with Crippen LogP contribution >= 0.6 is 11.6 Å². The molecule has 3 rings (SSSR count). The minimum Gasteiger partial charge on any atom is -0.497 e. The Kier molecular flexibility index (Phi) is 8.23. The van der Waals surface area contributed by atoms with Gasteiger partial charge in [0.05, 0.1) is 13.7 Å². The maximum absolute atomic E-state index is 12.9. The standard InChI is InChI=1S/C24H25ClN4O4/c1-15-21(22(29-33-15)18-6-8-20(32-2)9-7-18)23(31)28-24(26)27-14-17-11-16(5-3-4-10-30)12-19(25)13-17/h3,5-9,11-13,30H,4,10,14H2,1-2H3,(H3,26,27,28,31)/b5-3+. The molecule has 0 atom stereocenters. The quantitative estimate of drug-likeness (QED) is 0.339. The number of hydrogen-bond donors (Lipinski definition) is 3. The monoisotopic (exact) mass is 468 g/mol. The van der Waals surface area contributed by atoms with Gasteiger partial charge in [-0.3, -0.25) is 10.1 Å². The van der Waals surface area contributed by atoms with Crippen molar-refractivity contribution < 1.29 is 19.2 Å². The van der Waals surface area contributed by atoms with E-state index in [0.717, 1.165) is 11.1 Å². The Morgan fingerprint density at radius 3 is 2.76 bits per heavy atom. The number of hydrogen-bond acceptors (Lipinski definition) is 6. The van der Waals surface area contributed by atoms with E-state index >= 15 is 0 Å². The van der Waals surface area contributed by atoms with E-state index in [0.29, 0.717) is 34.2 Å². The molecule has 1 aromatic heterocycles. The Morgan fingerprint density at radius 1 is 1.30 bits per heavy atom. The molecule has 0 bridgehead atoms. The van der Waals surface area contributed by atoms with Gasteiger partial charge >= 0.3 is 0 Å². The summed E-state index contributed by atoms with van der Waals surface area (Å²) in [6.45, 7) is 1.96. The number of aliphatic hydroxyl groups excluding tert-OH is 1. The average molecular weight is 469 g/mol. The molecular weight excluding hydrogens is 444 g/mol. The number of benzene rings is 2. The summed E-state index contributed by atoms with van der Waals surface area (Å²) < 4.78 is 10.4. The minimum absolute atomic E-state index is 0.0429. The number of methoxy groups -OCH3 is 1. The summed E-state index contributed by atoms with van der Waals surface area (Å²) in [5.41, 5.74) is 9.04. The summed E-state index contributed by atoms with van der Waals surface area (Å²) in [5, 5.41) is 16.1. The Labute approximate surface area is 196 Å². The van der Waals surface area contributed by atoms with Gasteiger partial charge in [-0.1, -0.05) is 28.9 Å². The zero-order chi connectivity index (χ0) is 23.8. The first kappa shape index (κ1) is 24.0. The number of ether oxygens (including phenoxy) is 1. The van der Waals surface area contributed by atoms with Gasteiger partial charge in [0.1, 0.15) is 22.8 Å². The van der Waals surface area contributed by atoms with Crippen molar-refractivity contribution in [2.24, 2.45) is 10.7 Å². The van der Waals surface area contributed by atoms with Crippen LogP contribution in [-0.4, -0.2) is 35.8 Å². The van der Waals surface area contributed by atoms with Gasteiger partial charge in [-0.05, 0) is 66.9 Å². The van der Waals surface area contributed by atoms with Gasteiger partial charge < -0.3 is 20.1 Å². The van der Waals surface area contributed by atoms with Gasteiger partial charge in [-0.25, -0.2) is 4.99 Å². The van der Waals surface area contributed by atoms with Gasteiger partial charge in [-0.2, -0.15) is 0 Å². The van der Waals surface area contributed by atoms with Crippen molar-refractivity contribution in [2.75, 3.05) is 13.7 Å². The third-order valence-electron chi connectivity index (χ3n) is 4.71. The summed E-state index contributed by atoms with van der Waals surface area (Å²) in [6, 6.07) is 12.6. The number of guanidine groups is 1. The fourth-order valence-electron chi connectivity index (χ4n) is 3.14. The summed E-state index contributed by atoms with van der Waals surface area (Å²) in [7, 11) is 1.58. The van der Waals surface area contributed by atoms with E-state index in [9.17, 15) is 4.79 Å². The predicted octanol–water partition coefficient (Wildman–Crippen LogP) is 3.95. The highest BCUT2D eigenvalue weighted by Crippen LogP contribution is 2.27. The number of nitrogens with one attached hydrogen (secondary N) is 1. The number of nitrogens with zero attached hydrogens (tertiary/aromatic N) is 2. The number of aliphatic imine (C=N–C) groups is 1. The molecule has 3 aromatic rings. The molecule has 8 nitrogen and oxygen atoms in total. The van der Waals surface area contributed by atoms with Gasteiger partial charge in [0.15, 0.2) is 5.96 Å². The lowest BCUT2D eigenvalue weighted by Gasteiger charge is -2.07. The fourth-order valence-corrected chi connectivity index (χ4v) is 3.40. The number of rotatable bonds is 8. The average Bonchev–Trinajstić information content (AvgIpc) is 3.19. The van der Waals surface area contributed by atoms with Crippen LogP contribution in [0.3, 0.4) is 0 Å². The molecule has 0 saturated carbocycles. The van der Waals surface area contributed by atoms with Gasteiger partial charge in [0.25, 0.3) is 5.91 Å². The smallest absolute Gasteiger partial charge is 0.263 e. The first-order valence-electron chi connectivity index (χ1n) is 10.2. The first-order valence-corrected chi connectivity index (χ1v) is 10.6. The SMILES string of the molecule is COc1ccc(-c2noc(C)c2C(=O)NC(N)=NCc2cc(Cl)cc(/C=C/CCO)c2)cc1. The van der Waals surface area contributed by atoms with Crippen molar-refractivity contribution in [1.82, 2.24) is 10.5 Å². The molecule has 0 aliphatic heterocycles. The van der Waals surface area contributed by atoms with Crippen molar-refractivity contribution in [3.05, 3.63) is 76.0 Å². The lowest BCUT2D eigenvalue weighted by atomic mass is 10.1. The number of aromatic nitrogens is 1. The van der Waals surface area contributed by atoms with Gasteiger partial charge in [0.2, 0.25) is 0 Å². The molecule has 0 saturated heterocycles. The van der Waals surface area contributed by atoms with Crippen LogP contribution in [-0.2, 0) is 6.54 Å². The molecule has 0 fully saturated rings.